The van der Waals surface area contributed by atoms with Crippen LogP contribution in [0, 0.1) is 0 Å². The van der Waals surface area contributed by atoms with Crippen LogP contribution in [-0.4, -0.2) is 29.9 Å². The van der Waals surface area contributed by atoms with E-state index in [0.29, 0.717) is 5.02 Å². The van der Waals surface area contributed by atoms with Gasteiger partial charge in [0.25, 0.3) is 0 Å². The van der Waals surface area contributed by atoms with E-state index in [1.165, 1.54) is 0 Å². The molecule has 3 nitrogen and oxygen atoms in total. The molecule has 0 saturated heterocycles. The predicted molar refractivity (Wildman–Crippen MR) is 94.9 cm³/mol. The number of oxime groups is 1. The Hall–Kier alpha value is -1.36. The molecule has 2 aromatic rings. The maximum Gasteiger partial charge on any atom is 0.178 e. The van der Waals surface area contributed by atoms with Crippen LogP contribution < -0.4 is 0 Å². The summed E-state index contributed by atoms with van der Waals surface area (Å²) in [6.45, 7) is 8.08. The fourth-order valence-corrected chi connectivity index (χ4v) is 3.17. The van der Waals surface area contributed by atoms with Crippen molar-refractivity contribution in [2.45, 2.75) is 27.0 Å². The van der Waals surface area contributed by atoms with Crippen molar-refractivity contribution in [3.05, 3.63) is 57.2 Å². The molecule has 0 radical (unpaired) electrons. The third-order valence-corrected chi connectivity index (χ3v) is 4.71. The minimum absolute atomic E-state index is 0.0764. The summed E-state index contributed by atoms with van der Waals surface area (Å²) in [4.78, 5) is 8.98. The maximum absolute atomic E-state index is 6.33. The van der Waals surface area contributed by atoms with Gasteiger partial charge < -0.3 is 4.84 Å². The number of benzene rings is 1. The summed E-state index contributed by atoms with van der Waals surface area (Å²) < 4.78 is 0. The molecule has 2 rings (SSSR count). The molecule has 0 bridgehead atoms. The number of hydrogen-bond acceptors (Lipinski definition) is 4. The zero-order valence-corrected chi connectivity index (χ0v) is 14.7. The van der Waals surface area contributed by atoms with Gasteiger partial charge in [-0.15, -0.1) is 11.3 Å². The molecule has 5 heteroatoms. The van der Waals surface area contributed by atoms with Gasteiger partial charge in [-0.05, 0) is 37.5 Å². The minimum Gasteiger partial charge on any atom is -0.376 e. The quantitative estimate of drug-likeness (QED) is 0.410. The molecule has 22 heavy (non-hydrogen) atoms. The first-order chi connectivity index (χ1) is 10.7. The summed E-state index contributed by atoms with van der Waals surface area (Å²) >= 11 is 7.95. The van der Waals surface area contributed by atoms with Gasteiger partial charge in [-0.3, -0.25) is 4.90 Å². The Balaban J connectivity index is 2.30. The molecule has 1 aromatic carbocycles. The molecule has 0 amide bonds. The molecule has 0 aliphatic rings. The second kappa shape index (κ2) is 8.32. The smallest absolute Gasteiger partial charge is 0.178 e. The molecule has 0 aliphatic heterocycles. The minimum atomic E-state index is -0.0764. The van der Waals surface area contributed by atoms with E-state index in [1.807, 2.05) is 48.7 Å². The van der Waals surface area contributed by atoms with Crippen LogP contribution in [0.2, 0.25) is 5.02 Å². The highest BCUT2D eigenvalue weighted by Crippen LogP contribution is 2.23. The molecule has 1 aromatic heterocycles. The van der Waals surface area contributed by atoms with Gasteiger partial charge in [-0.1, -0.05) is 54.9 Å². The Morgan fingerprint density at radius 3 is 2.55 bits per heavy atom. The number of halogens is 1. The highest BCUT2D eigenvalue weighted by Gasteiger charge is 2.15. The Bertz CT molecular complexity index is 609. The lowest BCUT2D eigenvalue weighted by Crippen LogP contribution is -2.33. The zero-order valence-electron chi connectivity index (χ0n) is 13.1. The van der Waals surface area contributed by atoms with Gasteiger partial charge in [0.15, 0.2) is 6.23 Å². The van der Waals surface area contributed by atoms with Gasteiger partial charge in [-0.25, -0.2) is 0 Å². The maximum atomic E-state index is 6.33. The number of rotatable bonds is 7. The standard InChI is InChI=1S/C17H21ClN2OS/c1-4-20(5-2)13(3)21-19-17(16-11-8-12-22-16)14-9-6-7-10-15(14)18/h6-13H,4-5H2,1-3H3. The highest BCUT2D eigenvalue weighted by molar-refractivity contribution is 7.12. The van der Waals surface area contributed by atoms with Gasteiger partial charge in [0, 0.05) is 5.56 Å². The van der Waals surface area contributed by atoms with Crippen LogP contribution in [0.4, 0.5) is 0 Å². The zero-order chi connectivity index (χ0) is 15.9. The molecule has 0 saturated carbocycles. The molecular weight excluding hydrogens is 316 g/mol. The van der Waals surface area contributed by atoms with Crippen LogP contribution in [0.5, 0.6) is 0 Å². The number of thiophene rings is 1. The first kappa shape index (κ1) is 17.0. The summed E-state index contributed by atoms with van der Waals surface area (Å²) in [7, 11) is 0. The average molecular weight is 337 g/mol. The van der Waals surface area contributed by atoms with E-state index in [4.69, 9.17) is 16.4 Å². The Morgan fingerprint density at radius 1 is 1.23 bits per heavy atom. The number of hydrogen-bond donors (Lipinski definition) is 0. The number of nitrogens with zero attached hydrogens (tertiary/aromatic N) is 2. The van der Waals surface area contributed by atoms with Gasteiger partial charge >= 0.3 is 0 Å². The molecule has 0 N–H and O–H groups in total. The first-order valence-electron chi connectivity index (χ1n) is 7.44. The van der Waals surface area contributed by atoms with E-state index >= 15 is 0 Å². The summed E-state index contributed by atoms with van der Waals surface area (Å²) in [5.41, 5.74) is 1.66. The topological polar surface area (TPSA) is 24.8 Å². The second-order valence-electron chi connectivity index (χ2n) is 4.82. The van der Waals surface area contributed by atoms with Crippen LogP contribution in [0.3, 0.4) is 0 Å². The Morgan fingerprint density at radius 2 is 1.95 bits per heavy atom. The average Bonchev–Trinajstić information content (AvgIpc) is 3.04. The monoisotopic (exact) mass is 336 g/mol. The van der Waals surface area contributed by atoms with E-state index in [0.717, 1.165) is 29.2 Å². The van der Waals surface area contributed by atoms with Gasteiger partial charge in [0.2, 0.25) is 0 Å². The Labute approximate surface area is 141 Å². The molecule has 1 atom stereocenters. The fourth-order valence-electron chi connectivity index (χ4n) is 2.23. The molecule has 0 spiro atoms. The summed E-state index contributed by atoms with van der Waals surface area (Å²) in [5, 5.41) is 7.11. The molecule has 118 valence electrons. The van der Waals surface area contributed by atoms with Crippen molar-refractivity contribution in [2.75, 3.05) is 13.1 Å². The van der Waals surface area contributed by atoms with Crippen molar-refractivity contribution in [1.82, 2.24) is 4.90 Å². The van der Waals surface area contributed by atoms with Crippen molar-refractivity contribution in [2.24, 2.45) is 5.16 Å². The van der Waals surface area contributed by atoms with Gasteiger partial charge in [0.1, 0.15) is 5.71 Å². The van der Waals surface area contributed by atoms with Crippen molar-refractivity contribution in [3.63, 3.8) is 0 Å². The lowest BCUT2D eigenvalue weighted by molar-refractivity contribution is -0.0403. The third-order valence-electron chi connectivity index (χ3n) is 3.51. The molecule has 1 heterocycles. The SMILES string of the molecule is CCN(CC)C(C)ON=C(c1cccs1)c1ccccc1Cl. The predicted octanol–water partition coefficient (Wildman–Crippen LogP) is 4.86. The summed E-state index contributed by atoms with van der Waals surface area (Å²) in [5.74, 6) is 0. The highest BCUT2D eigenvalue weighted by atomic mass is 35.5. The van der Waals surface area contributed by atoms with E-state index in [2.05, 4.69) is 23.9 Å². The molecule has 0 aliphatic carbocycles. The van der Waals surface area contributed by atoms with Crippen molar-refractivity contribution in [3.8, 4) is 0 Å². The van der Waals surface area contributed by atoms with E-state index in [1.54, 1.807) is 11.3 Å². The van der Waals surface area contributed by atoms with Crippen molar-refractivity contribution >= 4 is 28.6 Å². The lowest BCUT2D eigenvalue weighted by Gasteiger charge is -2.24. The Kier molecular flexibility index (Phi) is 6.43. The lowest BCUT2D eigenvalue weighted by atomic mass is 10.1. The fraction of sp³-hybridized carbons (Fsp3) is 0.353. The summed E-state index contributed by atoms with van der Waals surface area (Å²) in [6.07, 6.45) is -0.0764. The third kappa shape index (κ3) is 4.09. The van der Waals surface area contributed by atoms with Gasteiger partial charge in [-0.2, -0.15) is 0 Å². The van der Waals surface area contributed by atoms with Crippen molar-refractivity contribution < 1.29 is 4.84 Å². The molecule has 1 unspecified atom stereocenters. The molecule has 0 fully saturated rings. The van der Waals surface area contributed by atoms with Crippen molar-refractivity contribution in [1.29, 1.82) is 0 Å². The normalized spacial score (nSPS) is 13.4. The largest absolute Gasteiger partial charge is 0.376 e. The second-order valence-corrected chi connectivity index (χ2v) is 6.18. The first-order valence-corrected chi connectivity index (χ1v) is 8.69. The van der Waals surface area contributed by atoms with Crippen LogP contribution in [0.25, 0.3) is 0 Å². The van der Waals surface area contributed by atoms with E-state index in [-0.39, 0.29) is 6.23 Å². The van der Waals surface area contributed by atoms with E-state index < -0.39 is 0 Å². The molecular formula is C17H21ClN2OS. The summed E-state index contributed by atoms with van der Waals surface area (Å²) in [6, 6.07) is 11.7. The van der Waals surface area contributed by atoms with Crippen LogP contribution >= 0.6 is 22.9 Å². The van der Waals surface area contributed by atoms with E-state index in [9.17, 15) is 0 Å². The van der Waals surface area contributed by atoms with Crippen LogP contribution in [-0.2, 0) is 4.84 Å². The van der Waals surface area contributed by atoms with Gasteiger partial charge in [0.05, 0.1) is 9.90 Å². The van der Waals surface area contributed by atoms with Crippen LogP contribution in [0.1, 0.15) is 31.2 Å². The van der Waals surface area contributed by atoms with Crippen LogP contribution in [0.15, 0.2) is 46.9 Å².